The van der Waals surface area contributed by atoms with Crippen LogP contribution in [0.15, 0.2) is 53.1 Å². The summed E-state index contributed by atoms with van der Waals surface area (Å²) < 4.78 is 63.8. The van der Waals surface area contributed by atoms with Crippen LogP contribution >= 0.6 is 11.8 Å². The van der Waals surface area contributed by atoms with Gasteiger partial charge in [0, 0.05) is 36.2 Å². The van der Waals surface area contributed by atoms with Crippen LogP contribution in [0.5, 0.6) is 5.75 Å². The summed E-state index contributed by atoms with van der Waals surface area (Å²) in [6.45, 7) is 3.75. The Morgan fingerprint density at radius 3 is 2.56 bits per heavy atom. The Hall–Kier alpha value is -2.78. The average molecular weight is 521 g/mol. The zero-order valence-electron chi connectivity index (χ0n) is 19.8. The fraction of sp³-hybridized carbons (Fsp3) is 0.370. The molecule has 0 amide bonds. The Morgan fingerprint density at radius 2 is 1.81 bits per heavy atom. The van der Waals surface area contributed by atoms with Gasteiger partial charge in [0.15, 0.2) is 0 Å². The minimum Gasteiger partial charge on any atom is -0.487 e. The van der Waals surface area contributed by atoms with Crippen molar-refractivity contribution in [1.82, 2.24) is 9.88 Å². The lowest BCUT2D eigenvalue weighted by molar-refractivity contribution is -0.140. The highest BCUT2D eigenvalue weighted by molar-refractivity contribution is 7.99. The first-order valence-electron chi connectivity index (χ1n) is 11.9. The van der Waals surface area contributed by atoms with E-state index in [1.54, 1.807) is 0 Å². The van der Waals surface area contributed by atoms with Gasteiger partial charge >= 0.3 is 6.18 Å². The molecule has 1 aromatic heterocycles. The summed E-state index contributed by atoms with van der Waals surface area (Å²) in [6.07, 6.45) is 2.56. The summed E-state index contributed by atoms with van der Waals surface area (Å²) in [5.41, 5.74) is 0.270. The minimum absolute atomic E-state index is 0.143. The van der Waals surface area contributed by atoms with Crippen LogP contribution in [-0.2, 0) is 19.2 Å². The van der Waals surface area contributed by atoms with Gasteiger partial charge in [0.2, 0.25) is 5.89 Å². The Kier molecular flexibility index (Phi) is 9.09. The van der Waals surface area contributed by atoms with Crippen molar-refractivity contribution in [3.05, 3.63) is 82.8 Å². The monoisotopic (exact) mass is 520 g/mol. The maximum Gasteiger partial charge on any atom is 0.419 e. The highest BCUT2D eigenvalue weighted by Crippen LogP contribution is 2.32. The van der Waals surface area contributed by atoms with Gasteiger partial charge in [-0.2, -0.15) is 24.9 Å². The molecule has 0 aliphatic carbocycles. The number of aryl methyl sites for hydroxylation is 1. The van der Waals surface area contributed by atoms with Crippen LogP contribution in [0.25, 0.3) is 12.2 Å². The smallest absolute Gasteiger partial charge is 0.419 e. The van der Waals surface area contributed by atoms with Crippen molar-refractivity contribution < 1.29 is 26.7 Å². The standard InChI is InChI=1S/C27H28F4N2O2S/c28-26-21(5-3-6-24(26)27(29,30)31)9-12-25-32-22(19-35-25)18-34-23-10-7-20(8-11-23)4-1-2-13-33-14-16-36-17-15-33/h3,5-12,19H,1-2,4,13-18H2/b12-9+. The van der Waals surface area contributed by atoms with E-state index in [-0.39, 0.29) is 18.1 Å². The van der Waals surface area contributed by atoms with Crippen molar-refractivity contribution in [3.8, 4) is 5.75 Å². The van der Waals surface area contributed by atoms with E-state index in [0.717, 1.165) is 18.9 Å². The van der Waals surface area contributed by atoms with E-state index in [0.29, 0.717) is 17.5 Å². The van der Waals surface area contributed by atoms with Crippen LogP contribution in [0.3, 0.4) is 0 Å². The lowest BCUT2D eigenvalue weighted by atomic mass is 10.1. The lowest BCUT2D eigenvalue weighted by Crippen LogP contribution is -2.33. The predicted molar refractivity (Wildman–Crippen MR) is 134 cm³/mol. The largest absolute Gasteiger partial charge is 0.487 e. The molecule has 0 spiro atoms. The molecule has 9 heteroatoms. The second-order valence-electron chi connectivity index (χ2n) is 8.56. The number of hydrogen-bond donors (Lipinski definition) is 0. The molecule has 36 heavy (non-hydrogen) atoms. The first-order chi connectivity index (χ1) is 17.4. The number of ether oxygens (including phenoxy) is 1. The van der Waals surface area contributed by atoms with E-state index in [9.17, 15) is 17.6 Å². The maximum atomic E-state index is 14.1. The molecule has 4 rings (SSSR count). The van der Waals surface area contributed by atoms with Crippen molar-refractivity contribution in [1.29, 1.82) is 0 Å². The summed E-state index contributed by atoms with van der Waals surface area (Å²) in [4.78, 5) is 6.76. The van der Waals surface area contributed by atoms with Crippen LogP contribution in [0.4, 0.5) is 17.6 Å². The first kappa shape index (κ1) is 26.3. The molecule has 4 nitrogen and oxygen atoms in total. The SMILES string of the molecule is Fc1c(/C=C/c2nc(COc3ccc(CCCCN4CCSCC4)cc3)co2)cccc1C(F)(F)F. The molecule has 0 N–H and O–H groups in total. The summed E-state index contributed by atoms with van der Waals surface area (Å²) in [6, 6.07) is 11.1. The highest BCUT2D eigenvalue weighted by Gasteiger charge is 2.34. The highest BCUT2D eigenvalue weighted by atomic mass is 32.2. The quantitative estimate of drug-likeness (QED) is 0.214. The van der Waals surface area contributed by atoms with Gasteiger partial charge in [-0.25, -0.2) is 9.37 Å². The summed E-state index contributed by atoms with van der Waals surface area (Å²) in [5.74, 6) is 2.00. The number of rotatable bonds is 10. The van der Waals surface area contributed by atoms with Gasteiger partial charge in [-0.3, -0.25) is 0 Å². The molecule has 0 bridgehead atoms. The fourth-order valence-electron chi connectivity index (χ4n) is 3.92. The minimum atomic E-state index is -4.76. The molecule has 0 radical (unpaired) electrons. The van der Waals surface area contributed by atoms with Gasteiger partial charge in [0.05, 0.1) is 5.56 Å². The van der Waals surface area contributed by atoms with Crippen molar-refractivity contribution >= 4 is 23.9 Å². The van der Waals surface area contributed by atoms with Crippen LogP contribution in [0, 0.1) is 5.82 Å². The Labute approximate surface area is 212 Å². The summed E-state index contributed by atoms with van der Waals surface area (Å²) in [5, 5.41) is 0. The number of hydrogen-bond acceptors (Lipinski definition) is 5. The van der Waals surface area contributed by atoms with E-state index in [2.05, 4.69) is 22.0 Å². The van der Waals surface area contributed by atoms with Gasteiger partial charge in [0.25, 0.3) is 0 Å². The lowest BCUT2D eigenvalue weighted by Gasteiger charge is -2.25. The molecular weight excluding hydrogens is 492 g/mol. The molecule has 1 fully saturated rings. The van der Waals surface area contributed by atoms with E-state index in [4.69, 9.17) is 9.15 Å². The van der Waals surface area contributed by atoms with Gasteiger partial charge in [-0.15, -0.1) is 0 Å². The first-order valence-corrected chi connectivity index (χ1v) is 13.0. The Bertz CT molecular complexity index is 1140. The molecule has 1 saturated heterocycles. The molecule has 3 aromatic rings. The van der Waals surface area contributed by atoms with Crippen molar-refractivity contribution in [2.75, 3.05) is 31.1 Å². The molecule has 2 aromatic carbocycles. The van der Waals surface area contributed by atoms with E-state index >= 15 is 0 Å². The van der Waals surface area contributed by atoms with Crippen LogP contribution in [0.1, 0.15) is 41.1 Å². The Balaban J connectivity index is 1.23. The molecular formula is C27H28F4N2O2S. The van der Waals surface area contributed by atoms with Crippen LogP contribution in [0.2, 0.25) is 0 Å². The fourth-order valence-corrected chi connectivity index (χ4v) is 4.90. The van der Waals surface area contributed by atoms with E-state index in [1.807, 2.05) is 23.9 Å². The van der Waals surface area contributed by atoms with Crippen LogP contribution in [-0.4, -0.2) is 41.0 Å². The Morgan fingerprint density at radius 1 is 1.03 bits per heavy atom. The number of alkyl halides is 3. The van der Waals surface area contributed by atoms with Gasteiger partial charge in [-0.05, 0) is 55.6 Å². The van der Waals surface area contributed by atoms with Gasteiger partial charge in [-0.1, -0.05) is 24.3 Å². The number of aromatic nitrogens is 1. The number of nitrogens with zero attached hydrogens (tertiary/aromatic N) is 2. The summed E-state index contributed by atoms with van der Waals surface area (Å²) in [7, 11) is 0. The average Bonchev–Trinajstić information content (AvgIpc) is 3.33. The molecule has 1 aliphatic rings. The topological polar surface area (TPSA) is 38.5 Å². The number of thioether (sulfide) groups is 1. The van der Waals surface area contributed by atoms with Gasteiger partial charge < -0.3 is 14.1 Å². The number of unbranched alkanes of at least 4 members (excludes halogenated alkanes) is 1. The molecule has 1 aliphatic heterocycles. The third-order valence-electron chi connectivity index (χ3n) is 5.91. The van der Waals surface area contributed by atoms with Crippen molar-refractivity contribution in [2.45, 2.75) is 32.0 Å². The zero-order chi connectivity index (χ0) is 25.4. The molecule has 192 valence electrons. The molecule has 0 unspecified atom stereocenters. The third kappa shape index (κ3) is 7.61. The van der Waals surface area contributed by atoms with E-state index in [1.165, 1.54) is 67.6 Å². The van der Waals surface area contributed by atoms with E-state index < -0.39 is 17.6 Å². The van der Waals surface area contributed by atoms with Crippen molar-refractivity contribution in [3.63, 3.8) is 0 Å². The number of halogens is 4. The number of benzene rings is 2. The summed E-state index contributed by atoms with van der Waals surface area (Å²) >= 11 is 2.03. The second-order valence-corrected chi connectivity index (χ2v) is 9.79. The van der Waals surface area contributed by atoms with Gasteiger partial charge in [0.1, 0.15) is 30.1 Å². The predicted octanol–water partition coefficient (Wildman–Crippen LogP) is 6.95. The third-order valence-corrected chi connectivity index (χ3v) is 6.86. The maximum absolute atomic E-state index is 14.1. The molecule has 0 saturated carbocycles. The van der Waals surface area contributed by atoms with Crippen LogP contribution < -0.4 is 4.74 Å². The molecule has 0 atom stereocenters. The molecule has 2 heterocycles. The number of oxazole rings is 1. The van der Waals surface area contributed by atoms with Crippen molar-refractivity contribution in [2.24, 2.45) is 0 Å². The normalized spacial score (nSPS) is 15.0. The zero-order valence-corrected chi connectivity index (χ0v) is 20.6. The second kappa shape index (κ2) is 12.5.